The molecule has 144 valence electrons. The Kier molecular flexibility index (Phi) is 6.54. The van der Waals surface area contributed by atoms with Crippen LogP contribution in [0.3, 0.4) is 0 Å². The lowest BCUT2D eigenvalue weighted by molar-refractivity contribution is -0.117. The van der Waals surface area contributed by atoms with Crippen LogP contribution >= 0.6 is 0 Å². The molecule has 1 amide bonds. The van der Waals surface area contributed by atoms with Gasteiger partial charge in [0.1, 0.15) is 5.70 Å². The summed E-state index contributed by atoms with van der Waals surface area (Å²) in [5, 5.41) is 2.70. The van der Waals surface area contributed by atoms with E-state index in [1.165, 1.54) is 0 Å². The number of para-hydroxylation sites is 1. The molecule has 7 N–H and O–H groups in total. The van der Waals surface area contributed by atoms with Crippen LogP contribution in [0.15, 0.2) is 42.1 Å². The molecule has 0 atom stereocenters. The topological polar surface area (TPSA) is 126 Å². The molecule has 0 bridgehead atoms. The number of rotatable bonds is 7. The molecule has 27 heavy (non-hydrogen) atoms. The van der Waals surface area contributed by atoms with Gasteiger partial charge in [-0.15, -0.1) is 0 Å². The van der Waals surface area contributed by atoms with Gasteiger partial charge in [-0.3, -0.25) is 4.79 Å². The monoisotopic (exact) mass is 370 g/mol. The summed E-state index contributed by atoms with van der Waals surface area (Å²) < 4.78 is 10.6. The summed E-state index contributed by atoms with van der Waals surface area (Å²) in [5.74, 6) is 0.791. The Labute approximate surface area is 159 Å². The van der Waals surface area contributed by atoms with Gasteiger partial charge in [0.15, 0.2) is 11.5 Å². The SMILES string of the molecule is CCCNC(=O)/C(N)=C(\N)c1cccc(-c2ccc(OC)c(OC)c2)c1N. The number of nitrogen functional groups attached to an aromatic ring is 1. The molecule has 0 spiro atoms. The molecule has 0 unspecified atom stereocenters. The predicted octanol–water partition coefficient (Wildman–Crippen LogP) is 2.07. The van der Waals surface area contributed by atoms with Gasteiger partial charge in [-0.25, -0.2) is 0 Å². The van der Waals surface area contributed by atoms with Gasteiger partial charge in [0.25, 0.3) is 5.91 Å². The Hall–Kier alpha value is -3.35. The second-order valence-electron chi connectivity index (χ2n) is 5.92. The predicted molar refractivity (Wildman–Crippen MR) is 108 cm³/mol. The van der Waals surface area contributed by atoms with Crippen molar-refractivity contribution in [2.75, 3.05) is 26.5 Å². The molecule has 0 saturated carbocycles. The van der Waals surface area contributed by atoms with E-state index in [0.29, 0.717) is 29.3 Å². The van der Waals surface area contributed by atoms with E-state index in [9.17, 15) is 4.79 Å². The lowest BCUT2D eigenvalue weighted by Crippen LogP contribution is -2.31. The average Bonchev–Trinajstić information content (AvgIpc) is 2.70. The van der Waals surface area contributed by atoms with E-state index < -0.39 is 5.91 Å². The number of benzene rings is 2. The summed E-state index contributed by atoms with van der Waals surface area (Å²) in [7, 11) is 3.14. The van der Waals surface area contributed by atoms with Crippen molar-refractivity contribution >= 4 is 17.3 Å². The number of hydrogen-bond acceptors (Lipinski definition) is 6. The first-order valence-corrected chi connectivity index (χ1v) is 8.59. The highest BCUT2D eigenvalue weighted by Gasteiger charge is 2.16. The lowest BCUT2D eigenvalue weighted by atomic mass is 9.98. The normalized spacial score (nSPS) is 11.5. The molecule has 0 aliphatic rings. The Morgan fingerprint density at radius 1 is 1.07 bits per heavy atom. The van der Waals surface area contributed by atoms with Crippen molar-refractivity contribution in [1.29, 1.82) is 0 Å². The number of methoxy groups -OCH3 is 2. The van der Waals surface area contributed by atoms with Crippen LogP contribution in [0.4, 0.5) is 5.69 Å². The van der Waals surface area contributed by atoms with Gasteiger partial charge in [-0.2, -0.15) is 0 Å². The van der Waals surface area contributed by atoms with Crippen molar-refractivity contribution in [2.24, 2.45) is 11.5 Å². The van der Waals surface area contributed by atoms with Gasteiger partial charge in [-0.05, 0) is 24.1 Å². The van der Waals surface area contributed by atoms with E-state index >= 15 is 0 Å². The maximum Gasteiger partial charge on any atom is 0.269 e. The van der Waals surface area contributed by atoms with Gasteiger partial charge >= 0.3 is 0 Å². The zero-order valence-corrected chi connectivity index (χ0v) is 15.8. The third kappa shape index (κ3) is 4.25. The highest BCUT2D eigenvalue weighted by molar-refractivity contribution is 6.01. The maximum atomic E-state index is 12.1. The molecule has 7 heteroatoms. The molecule has 0 aliphatic heterocycles. The van der Waals surface area contributed by atoms with E-state index in [1.807, 2.05) is 31.2 Å². The molecule has 0 saturated heterocycles. The quantitative estimate of drug-likeness (QED) is 0.437. The smallest absolute Gasteiger partial charge is 0.269 e. The van der Waals surface area contributed by atoms with Crippen molar-refractivity contribution < 1.29 is 14.3 Å². The summed E-state index contributed by atoms with van der Waals surface area (Å²) in [6.07, 6.45) is 0.801. The number of anilines is 1. The number of hydrogen-bond donors (Lipinski definition) is 4. The minimum atomic E-state index is -0.412. The minimum Gasteiger partial charge on any atom is -0.493 e. The van der Waals surface area contributed by atoms with Crippen LogP contribution < -0.4 is 32.0 Å². The van der Waals surface area contributed by atoms with Gasteiger partial charge in [0.05, 0.1) is 19.9 Å². The Morgan fingerprint density at radius 2 is 1.78 bits per heavy atom. The fraction of sp³-hybridized carbons (Fsp3) is 0.250. The summed E-state index contributed by atoms with van der Waals surface area (Å²) in [5.41, 5.74) is 21.0. The van der Waals surface area contributed by atoms with E-state index in [0.717, 1.165) is 17.5 Å². The first-order valence-electron chi connectivity index (χ1n) is 8.59. The molecule has 0 radical (unpaired) electrons. The molecule has 7 nitrogen and oxygen atoms in total. The van der Waals surface area contributed by atoms with Gasteiger partial charge < -0.3 is 32.0 Å². The Morgan fingerprint density at radius 3 is 2.41 bits per heavy atom. The zero-order chi connectivity index (χ0) is 20.0. The minimum absolute atomic E-state index is 0.0559. The highest BCUT2D eigenvalue weighted by atomic mass is 16.5. The number of amides is 1. The Balaban J connectivity index is 2.48. The van der Waals surface area contributed by atoms with Crippen LogP contribution in [0.25, 0.3) is 16.8 Å². The molecular weight excluding hydrogens is 344 g/mol. The lowest BCUT2D eigenvalue weighted by Gasteiger charge is -2.15. The van der Waals surface area contributed by atoms with Crippen LogP contribution in [0, 0.1) is 0 Å². The number of carbonyl (C=O) groups is 1. The molecule has 2 aromatic rings. The van der Waals surface area contributed by atoms with Crippen LogP contribution in [0.5, 0.6) is 11.5 Å². The molecular formula is C20H26N4O3. The largest absolute Gasteiger partial charge is 0.493 e. The molecule has 0 aliphatic carbocycles. The summed E-state index contributed by atoms with van der Waals surface area (Å²) >= 11 is 0. The third-order valence-electron chi connectivity index (χ3n) is 4.16. The third-order valence-corrected chi connectivity index (χ3v) is 4.16. The second-order valence-corrected chi connectivity index (χ2v) is 5.92. The number of nitrogens with two attached hydrogens (primary N) is 3. The van der Waals surface area contributed by atoms with E-state index in [-0.39, 0.29) is 11.4 Å². The second kappa shape index (κ2) is 8.84. The standard InChI is InChI=1S/C20H26N4O3/c1-4-10-24-20(25)19(23)18(22)14-7-5-6-13(17(14)21)12-8-9-15(26-2)16(11-12)27-3/h5-9,11H,4,10,21-23H2,1-3H3,(H,24,25)/b19-18+. The fourth-order valence-electron chi connectivity index (χ4n) is 2.66. The van der Waals surface area contributed by atoms with Gasteiger partial charge in [-0.1, -0.05) is 31.2 Å². The Bertz CT molecular complexity index is 862. The van der Waals surface area contributed by atoms with Crippen LogP contribution in [-0.4, -0.2) is 26.7 Å². The van der Waals surface area contributed by atoms with Gasteiger partial charge in [0, 0.05) is 23.4 Å². The number of carbonyl (C=O) groups excluding carboxylic acids is 1. The van der Waals surface area contributed by atoms with E-state index in [2.05, 4.69) is 5.32 Å². The molecule has 0 aromatic heterocycles. The van der Waals surface area contributed by atoms with Crippen molar-refractivity contribution in [3.05, 3.63) is 47.7 Å². The zero-order valence-electron chi connectivity index (χ0n) is 15.8. The number of nitrogens with one attached hydrogen (secondary N) is 1. The number of ether oxygens (including phenoxy) is 2. The van der Waals surface area contributed by atoms with Crippen molar-refractivity contribution in [3.8, 4) is 22.6 Å². The summed E-state index contributed by atoms with van der Waals surface area (Å²) in [6.45, 7) is 2.47. The van der Waals surface area contributed by atoms with E-state index in [4.69, 9.17) is 26.7 Å². The van der Waals surface area contributed by atoms with Crippen molar-refractivity contribution in [1.82, 2.24) is 5.32 Å². The van der Waals surface area contributed by atoms with Crippen LogP contribution in [0.2, 0.25) is 0 Å². The maximum absolute atomic E-state index is 12.1. The fourth-order valence-corrected chi connectivity index (χ4v) is 2.66. The van der Waals surface area contributed by atoms with E-state index in [1.54, 1.807) is 26.4 Å². The first kappa shape index (κ1) is 20.0. The summed E-state index contributed by atoms with van der Waals surface area (Å²) in [4.78, 5) is 12.1. The van der Waals surface area contributed by atoms with Crippen LogP contribution in [0.1, 0.15) is 18.9 Å². The molecule has 2 rings (SSSR count). The highest BCUT2D eigenvalue weighted by Crippen LogP contribution is 2.36. The average molecular weight is 370 g/mol. The van der Waals surface area contributed by atoms with Gasteiger partial charge in [0.2, 0.25) is 0 Å². The molecule has 0 fully saturated rings. The molecule has 2 aromatic carbocycles. The summed E-state index contributed by atoms with van der Waals surface area (Å²) in [6, 6.07) is 10.9. The van der Waals surface area contributed by atoms with Crippen molar-refractivity contribution in [3.63, 3.8) is 0 Å². The molecule has 0 heterocycles. The van der Waals surface area contributed by atoms with Crippen LogP contribution in [-0.2, 0) is 4.79 Å². The first-order chi connectivity index (χ1) is 12.9. The van der Waals surface area contributed by atoms with Crippen molar-refractivity contribution in [2.45, 2.75) is 13.3 Å².